The molecule has 1 aromatic carbocycles. The molecule has 0 aliphatic rings. The molecule has 0 unspecified atom stereocenters. The first-order valence-electron chi connectivity index (χ1n) is 6.28. The summed E-state index contributed by atoms with van der Waals surface area (Å²) < 4.78 is 10.9. The summed E-state index contributed by atoms with van der Waals surface area (Å²) in [6, 6.07) is 10.8. The Morgan fingerprint density at radius 2 is 2.10 bits per heavy atom. The molecule has 2 N–H and O–H groups in total. The van der Waals surface area contributed by atoms with E-state index in [4.69, 9.17) is 26.8 Å². The topological polar surface area (TPSA) is 57.4 Å². The van der Waals surface area contributed by atoms with Gasteiger partial charge in [-0.05, 0) is 31.2 Å². The number of aromatic nitrogens is 1. The zero-order valence-corrected chi connectivity index (χ0v) is 12.2. The smallest absolute Gasteiger partial charge is 0.213 e. The van der Waals surface area contributed by atoms with Crippen molar-refractivity contribution in [1.29, 1.82) is 0 Å². The van der Waals surface area contributed by atoms with Crippen molar-refractivity contribution in [2.45, 2.75) is 19.6 Å². The number of benzene rings is 1. The van der Waals surface area contributed by atoms with Gasteiger partial charge in [0.1, 0.15) is 12.4 Å². The van der Waals surface area contributed by atoms with Crippen molar-refractivity contribution in [3.05, 3.63) is 52.7 Å². The van der Waals surface area contributed by atoms with Crippen molar-refractivity contribution in [3.8, 4) is 11.6 Å². The van der Waals surface area contributed by atoms with Gasteiger partial charge in [0.2, 0.25) is 5.88 Å². The van der Waals surface area contributed by atoms with E-state index in [1.165, 1.54) is 0 Å². The van der Waals surface area contributed by atoms with Gasteiger partial charge in [0.05, 0.1) is 12.8 Å². The summed E-state index contributed by atoms with van der Waals surface area (Å²) in [5, 5.41) is 0.643. The highest BCUT2D eigenvalue weighted by molar-refractivity contribution is 6.30. The minimum absolute atomic E-state index is 0.151. The summed E-state index contributed by atoms with van der Waals surface area (Å²) in [5.74, 6) is 1.28. The second kappa shape index (κ2) is 6.59. The molecule has 2 aromatic rings. The fourth-order valence-electron chi connectivity index (χ4n) is 1.81. The Morgan fingerprint density at radius 3 is 2.80 bits per heavy atom. The average molecular weight is 293 g/mol. The van der Waals surface area contributed by atoms with Crippen molar-refractivity contribution in [3.63, 3.8) is 0 Å². The number of halogens is 1. The zero-order valence-electron chi connectivity index (χ0n) is 11.5. The van der Waals surface area contributed by atoms with Gasteiger partial charge in [-0.25, -0.2) is 4.98 Å². The lowest BCUT2D eigenvalue weighted by molar-refractivity contribution is 0.293. The fraction of sp³-hybridized carbons (Fsp3) is 0.267. The summed E-state index contributed by atoms with van der Waals surface area (Å²) in [4.78, 5) is 4.29. The average Bonchev–Trinajstić information content (AvgIpc) is 2.46. The first-order valence-corrected chi connectivity index (χ1v) is 6.65. The maximum atomic E-state index is 5.98. The third-order valence-electron chi connectivity index (χ3n) is 2.83. The minimum Gasteiger partial charge on any atom is -0.487 e. The molecule has 0 amide bonds. The van der Waals surface area contributed by atoms with Crippen LogP contribution in [0.25, 0.3) is 0 Å². The molecule has 1 atom stereocenters. The van der Waals surface area contributed by atoms with Crippen LogP contribution < -0.4 is 15.2 Å². The highest BCUT2D eigenvalue weighted by Gasteiger charge is 2.09. The molecule has 0 fully saturated rings. The van der Waals surface area contributed by atoms with E-state index in [1.807, 2.05) is 31.2 Å². The molecule has 20 heavy (non-hydrogen) atoms. The van der Waals surface area contributed by atoms with Gasteiger partial charge in [0.25, 0.3) is 0 Å². The number of hydrogen-bond acceptors (Lipinski definition) is 4. The second-order valence-corrected chi connectivity index (χ2v) is 4.87. The molecule has 0 aliphatic carbocycles. The Morgan fingerprint density at radius 1 is 1.30 bits per heavy atom. The van der Waals surface area contributed by atoms with E-state index in [-0.39, 0.29) is 6.04 Å². The number of nitrogens with zero attached hydrogens (tertiary/aromatic N) is 1. The molecule has 0 saturated carbocycles. The van der Waals surface area contributed by atoms with E-state index in [9.17, 15) is 0 Å². The first-order chi connectivity index (χ1) is 9.60. The largest absolute Gasteiger partial charge is 0.487 e. The van der Waals surface area contributed by atoms with E-state index in [0.29, 0.717) is 23.3 Å². The Hall–Kier alpha value is -1.78. The number of pyridine rings is 1. The van der Waals surface area contributed by atoms with Gasteiger partial charge < -0.3 is 15.2 Å². The number of ether oxygens (including phenoxy) is 2. The lowest BCUT2D eigenvalue weighted by Gasteiger charge is -2.14. The van der Waals surface area contributed by atoms with Crippen LogP contribution in [0.2, 0.25) is 5.02 Å². The van der Waals surface area contributed by atoms with Crippen LogP contribution in [-0.4, -0.2) is 12.1 Å². The summed E-state index contributed by atoms with van der Waals surface area (Å²) in [6.07, 6.45) is 0. The molecule has 2 rings (SSSR count). The van der Waals surface area contributed by atoms with E-state index in [0.717, 1.165) is 11.3 Å². The summed E-state index contributed by atoms with van der Waals surface area (Å²) in [7, 11) is 1.58. The van der Waals surface area contributed by atoms with Crippen LogP contribution in [0.5, 0.6) is 11.6 Å². The van der Waals surface area contributed by atoms with E-state index >= 15 is 0 Å². The minimum atomic E-state index is -0.151. The van der Waals surface area contributed by atoms with Gasteiger partial charge in [-0.3, -0.25) is 0 Å². The monoisotopic (exact) mass is 292 g/mol. The fourth-order valence-corrected chi connectivity index (χ4v) is 1.99. The first kappa shape index (κ1) is 14.6. The van der Waals surface area contributed by atoms with Crippen LogP contribution >= 0.6 is 11.6 Å². The molecule has 0 aliphatic heterocycles. The molecule has 0 radical (unpaired) electrons. The Balaban J connectivity index is 2.14. The highest BCUT2D eigenvalue weighted by atomic mass is 35.5. The second-order valence-electron chi connectivity index (χ2n) is 4.43. The molecule has 0 saturated heterocycles. The van der Waals surface area contributed by atoms with Gasteiger partial charge in [-0.15, -0.1) is 0 Å². The van der Waals surface area contributed by atoms with Crippen LogP contribution in [0.15, 0.2) is 36.4 Å². The van der Waals surface area contributed by atoms with Crippen LogP contribution in [0.4, 0.5) is 0 Å². The standard InChI is InChI=1S/C15H17ClN2O2/c1-10(17)13-8-11(16)6-7-14(13)20-9-12-4-3-5-15(18-12)19-2/h3-8,10H,9,17H2,1-2H3/t10-/m1/s1. The lowest BCUT2D eigenvalue weighted by atomic mass is 10.1. The van der Waals surface area contributed by atoms with Crippen molar-refractivity contribution < 1.29 is 9.47 Å². The molecule has 1 heterocycles. The lowest BCUT2D eigenvalue weighted by Crippen LogP contribution is -2.08. The van der Waals surface area contributed by atoms with E-state index < -0.39 is 0 Å². The third kappa shape index (κ3) is 3.62. The van der Waals surface area contributed by atoms with Crippen molar-refractivity contribution in [1.82, 2.24) is 4.98 Å². The number of methoxy groups -OCH3 is 1. The number of rotatable bonds is 5. The maximum absolute atomic E-state index is 5.98. The van der Waals surface area contributed by atoms with Crippen LogP contribution in [0.1, 0.15) is 24.2 Å². The van der Waals surface area contributed by atoms with Crippen molar-refractivity contribution in [2.75, 3.05) is 7.11 Å². The van der Waals surface area contributed by atoms with Crippen LogP contribution in [0.3, 0.4) is 0 Å². The number of hydrogen-bond donors (Lipinski definition) is 1. The van der Waals surface area contributed by atoms with E-state index in [1.54, 1.807) is 19.2 Å². The molecular formula is C15H17ClN2O2. The molecule has 4 nitrogen and oxygen atoms in total. The Bertz CT molecular complexity index is 588. The van der Waals surface area contributed by atoms with Crippen LogP contribution in [0, 0.1) is 0 Å². The molecule has 106 valence electrons. The van der Waals surface area contributed by atoms with Gasteiger partial charge in [0, 0.05) is 22.7 Å². The molecular weight excluding hydrogens is 276 g/mol. The van der Waals surface area contributed by atoms with Gasteiger partial charge in [-0.2, -0.15) is 0 Å². The van der Waals surface area contributed by atoms with E-state index in [2.05, 4.69) is 4.98 Å². The predicted octanol–water partition coefficient (Wildman–Crippen LogP) is 3.34. The zero-order chi connectivity index (χ0) is 14.5. The SMILES string of the molecule is COc1cccc(COc2ccc(Cl)cc2[C@@H](C)N)n1. The van der Waals surface area contributed by atoms with Gasteiger partial charge in [0.15, 0.2) is 0 Å². The number of nitrogens with two attached hydrogens (primary N) is 1. The quantitative estimate of drug-likeness (QED) is 0.918. The molecule has 5 heteroatoms. The van der Waals surface area contributed by atoms with Crippen LogP contribution in [-0.2, 0) is 6.61 Å². The highest BCUT2D eigenvalue weighted by Crippen LogP contribution is 2.27. The summed E-state index contributed by atoms with van der Waals surface area (Å²) in [6.45, 7) is 2.24. The molecule has 1 aromatic heterocycles. The summed E-state index contributed by atoms with van der Waals surface area (Å²) in [5.41, 5.74) is 7.59. The third-order valence-corrected chi connectivity index (χ3v) is 3.06. The molecule has 0 bridgehead atoms. The Labute approximate surface area is 123 Å². The predicted molar refractivity (Wildman–Crippen MR) is 79.2 cm³/mol. The van der Waals surface area contributed by atoms with Crippen molar-refractivity contribution in [2.24, 2.45) is 5.73 Å². The normalized spacial score (nSPS) is 12.0. The van der Waals surface area contributed by atoms with Crippen molar-refractivity contribution >= 4 is 11.6 Å². The van der Waals surface area contributed by atoms with Gasteiger partial charge >= 0.3 is 0 Å². The van der Waals surface area contributed by atoms with Gasteiger partial charge in [-0.1, -0.05) is 17.7 Å². The summed E-state index contributed by atoms with van der Waals surface area (Å²) >= 11 is 5.98. The Kier molecular flexibility index (Phi) is 4.82. The maximum Gasteiger partial charge on any atom is 0.213 e. The molecule has 0 spiro atoms.